The minimum Gasteiger partial charge on any atom is -0.349 e. The van der Waals surface area contributed by atoms with Gasteiger partial charge in [0.15, 0.2) is 0 Å². The quantitative estimate of drug-likeness (QED) is 0.767. The van der Waals surface area contributed by atoms with Gasteiger partial charge in [-0.25, -0.2) is 0 Å². The molecule has 0 aromatic carbocycles. The van der Waals surface area contributed by atoms with E-state index in [0.29, 0.717) is 18.2 Å². The van der Waals surface area contributed by atoms with E-state index < -0.39 is 5.54 Å². The molecule has 0 spiro atoms. The lowest BCUT2D eigenvalue weighted by Crippen LogP contribution is -2.49. The number of halogens is 2. The standard InChI is InChI=1S/C12H17Cl2NOS/c1-12(8-13,9-14)15-11(16)6-2-4-10-5-3-7-17-10/h3,5,7H,2,4,6,8-9H2,1H3,(H,15,16). The molecule has 0 fully saturated rings. The van der Waals surface area contributed by atoms with Gasteiger partial charge in [0.25, 0.3) is 0 Å². The minimum atomic E-state index is -0.497. The lowest BCUT2D eigenvalue weighted by molar-refractivity contribution is -0.122. The Morgan fingerprint density at radius 2 is 2.18 bits per heavy atom. The monoisotopic (exact) mass is 293 g/mol. The first-order valence-corrected chi connectivity index (χ1v) is 7.50. The van der Waals surface area contributed by atoms with Crippen molar-refractivity contribution in [3.8, 4) is 0 Å². The summed E-state index contributed by atoms with van der Waals surface area (Å²) < 4.78 is 0. The molecule has 1 amide bonds. The van der Waals surface area contributed by atoms with E-state index in [1.54, 1.807) is 11.3 Å². The molecular formula is C12H17Cl2NOS. The predicted molar refractivity (Wildman–Crippen MR) is 75.2 cm³/mol. The summed E-state index contributed by atoms with van der Waals surface area (Å²) in [6.07, 6.45) is 2.32. The van der Waals surface area contributed by atoms with E-state index in [-0.39, 0.29) is 5.91 Å². The van der Waals surface area contributed by atoms with Gasteiger partial charge in [-0.2, -0.15) is 0 Å². The third-order valence-electron chi connectivity index (χ3n) is 2.44. The highest BCUT2D eigenvalue weighted by atomic mass is 35.5. The van der Waals surface area contributed by atoms with Gasteiger partial charge in [0.1, 0.15) is 0 Å². The molecule has 0 saturated carbocycles. The van der Waals surface area contributed by atoms with Crippen molar-refractivity contribution in [2.75, 3.05) is 11.8 Å². The Balaban J connectivity index is 2.25. The highest BCUT2D eigenvalue weighted by Crippen LogP contribution is 2.13. The fraction of sp³-hybridized carbons (Fsp3) is 0.583. The fourth-order valence-corrected chi connectivity index (χ4v) is 2.55. The van der Waals surface area contributed by atoms with Gasteiger partial charge in [-0.1, -0.05) is 6.07 Å². The molecule has 0 bridgehead atoms. The molecule has 2 nitrogen and oxygen atoms in total. The number of carbonyl (C=O) groups is 1. The average molecular weight is 294 g/mol. The molecule has 96 valence electrons. The Morgan fingerprint density at radius 3 is 2.71 bits per heavy atom. The zero-order valence-corrected chi connectivity index (χ0v) is 12.2. The summed E-state index contributed by atoms with van der Waals surface area (Å²) in [6, 6.07) is 4.11. The maximum Gasteiger partial charge on any atom is 0.220 e. The number of alkyl halides is 2. The van der Waals surface area contributed by atoms with Gasteiger partial charge in [0.05, 0.1) is 5.54 Å². The summed E-state index contributed by atoms with van der Waals surface area (Å²) in [6.45, 7) is 1.85. The predicted octanol–water partition coefficient (Wildman–Crippen LogP) is 3.42. The van der Waals surface area contributed by atoms with Crippen molar-refractivity contribution >= 4 is 40.4 Å². The molecule has 0 saturated heterocycles. The number of hydrogen-bond donors (Lipinski definition) is 1. The van der Waals surface area contributed by atoms with Crippen LogP contribution in [-0.2, 0) is 11.2 Å². The van der Waals surface area contributed by atoms with Crippen molar-refractivity contribution in [2.24, 2.45) is 0 Å². The molecule has 1 rings (SSSR count). The van der Waals surface area contributed by atoms with Gasteiger partial charge < -0.3 is 5.32 Å². The molecule has 1 aromatic rings. The van der Waals surface area contributed by atoms with Crippen LogP contribution >= 0.6 is 34.5 Å². The Morgan fingerprint density at radius 1 is 1.47 bits per heavy atom. The van der Waals surface area contributed by atoms with E-state index >= 15 is 0 Å². The van der Waals surface area contributed by atoms with Crippen LogP contribution in [0.4, 0.5) is 0 Å². The molecule has 0 aliphatic carbocycles. The van der Waals surface area contributed by atoms with Crippen LogP contribution in [0.2, 0.25) is 0 Å². The largest absolute Gasteiger partial charge is 0.349 e. The van der Waals surface area contributed by atoms with Crippen LogP contribution in [-0.4, -0.2) is 23.2 Å². The van der Waals surface area contributed by atoms with Crippen molar-refractivity contribution in [1.82, 2.24) is 5.32 Å². The number of thiophene rings is 1. The molecular weight excluding hydrogens is 277 g/mol. The number of aryl methyl sites for hydroxylation is 1. The second-order valence-corrected chi connectivity index (χ2v) is 5.88. The summed E-state index contributed by atoms with van der Waals surface area (Å²) in [5, 5.41) is 4.92. The molecule has 17 heavy (non-hydrogen) atoms. The first-order chi connectivity index (χ1) is 8.09. The number of rotatable bonds is 7. The van der Waals surface area contributed by atoms with Crippen molar-refractivity contribution in [1.29, 1.82) is 0 Å². The smallest absolute Gasteiger partial charge is 0.220 e. The number of amides is 1. The SMILES string of the molecule is CC(CCl)(CCl)NC(=O)CCCc1cccs1. The van der Waals surface area contributed by atoms with Gasteiger partial charge in [0, 0.05) is 23.1 Å². The van der Waals surface area contributed by atoms with Crippen LogP contribution in [0.5, 0.6) is 0 Å². The zero-order valence-electron chi connectivity index (χ0n) is 9.84. The first kappa shape index (κ1) is 14.8. The van der Waals surface area contributed by atoms with Crippen LogP contribution < -0.4 is 5.32 Å². The lowest BCUT2D eigenvalue weighted by atomic mass is 10.1. The molecule has 0 radical (unpaired) electrons. The van der Waals surface area contributed by atoms with Gasteiger partial charge in [0.2, 0.25) is 5.91 Å². The van der Waals surface area contributed by atoms with Gasteiger partial charge in [-0.05, 0) is 31.2 Å². The minimum absolute atomic E-state index is 0.0188. The van der Waals surface area contributed by atoms with Crippen LogP contribution in [0.1, 0.15) is 24.6 Å². The van der Waals surface area contributed by atoms with Crippen molar-refractivity contribution < 1.29 is 4.79 Å². The Hall–Kier alpha value is -0.250. The highest BCUT2D eigenvalue weighted by Gasteiger charge is 2.23. The van der Waals surface area contributed by atoms with Gasteiger partial charge in [-0.3, -0.25) is 4.79 Å². The fourth-order valence-electron chi connectivity index (χ4n) is 1.38. The summed E-state index contributed by atoms with van der Waals surface area (Å²) in [5.74, 6) is 0.672. The third kappa shape index (κ3) is 5.28. The number of hydrogen-bond acceptors (Lipinski definition) is 2. The molecule has 0 unspecified atom stereocenters. The maximum atomic E-state index is 11.7. The second-order valence-electron chi connectivity index (χ2n) is 4.31. The van der Waals surface area contributed by atoms with Gasteiger partial charge >= 0.3 is 0 Å². The van der Waals surface area contributed by atoms with E-state index in [1.165, 1.54) is 4.88 Å². The van der Waals surface area contributed by atoms with Crippen LogP contribution in [0.25, 0.3) is 0 Å². The molecule has 0 aliphatic heterocycles. The second kappa shape index (κ2) is 7.24. The summed E-state index contributed by atoms with van der Waals surface area (Å²) in [4.78, 5) is 13.0. The Bertz CT molecular complexity index is 336. The Labute approximate surface area is 116 Å². The van der Waals surface area contributed by atoms with Crippen molar-refractivity contribution in [3.05, 3.63) is 22.4 Å². The summed E-state index contributed by atoms with van der Waals surface area (Å²) in [5.41, 5.74) is -0.497. The normalized spacial score (nSPS) is 11.5. The van der Waals surface area contributed by atoms with Crippen molar-refractivity contribution in [2.45, 2.75) is 31.7 Å². The van der Waals surface area contributed by atoms with Gasteiger partial charge in [-0.15, -0.1) is 34.5 Å². The van der Waals surface area contributed by atoms with E-state index in [1.807, 2.05) is 18.4 Å². The van der Waals surface area contributed by atoms with E-state index in [2.05, 4.69) is 11.4 Å². The molecule has 1 heterocycles. The maximum absolute atomic E-state index is 11.7. The summed E-state index contributed by atoms with van der Waals surface area (Å²) in [7, 11) is 0. The van der Waals surface area contributed by atoms with E-state index in [4.69, 9.17) is 23.2 Å². The third-order valence-corrected chi connectivity index (χ3v) is 4.55. The number of carbonyl (C=O) groups excluding carboxylic acids is 1. The lowest BCUT2D eigenvalue weighted by Gasteiger charge is -2.25. The number of nitrogens with one attached hydrogen (secondary N) is 1. The van der Waals surface area contributed by atoms with Crippen LogP contribution in [0.15, 0.2) is 17.5 Å². The van der Waals surface area contributed by atoms with E-state index in [0.717, 1.165) is 12.8 Å². The topological polar surface area (TPSA) is 29.1 Å². The molecule has 1 aromatic heterocycles. The first-order valence-electron chi connectivity index (χ1n) is 5.55. The van der Waals surface area contributed by atoms with Crippen LogP contribution in [0, 0.1) is 0 Å². The zero-order chi connectivity index (χ0) is 12.7. The molecule has 5 heteroatoms. The van der Waals surface area contributed by atoms with Crippen LogP contribution in [0.3, 0.4) is 0 Å². The molecule has 0 atom stereocenters. The highest BCUT2D eigenvalue weighted by molar-refractivity contribution is 7.09. The average Bonchev–Trinajstić information content (AvgIpc) is 2.82. The Kier molecular flexibility index (Phi) is 6.31. The molecule has 0 aliphatic rings. The summed E-state index contributed by atoms with van der Waals surface area (Å²) >= 11 is 13.3. The van der Waals surface area contributed by atoms with Crippen molar-refractivity contribution in [3.63, 3.8) is 0 Å². The molecule has 1 N–H and O–H groups in total. The van der Waals surface area contributed by atoms with E-state index in [9.17, 15) is 4.79 Å².